The smallest absolute Gasteiger partial charge is 0.195 e. The number of thiazole rings is 1. The predicted octanol–water partition coefficient (Wildman–Crippen LogP) is 1.33. The zero-order valence-corrected chi connectivity index (χ0v) is 10.8. The van der Waals surface area contributed by atoms with Crippen molar-refractivity contribution >= 4 is 28.9 Å². The second-order valence-electron chi connectivity index (χ2n) is 3.94. The van der Waals surface area contributed by atoms with Gasteiger partial charge in [0.1, 0.15) is 0 Å². The molecule has 2 rings (SSSR count). The van der Waals surface area contributed by atoms with Crippen molar-refractivity contribution < 1.29 is 0 Å². The lowest BCUT2D eigenvalue weighted by Gasteiger charge is -2.40. The Hall–Kier alpha value is -0.850. The van der Waals surface area contributed by atoms with Crippen molar-refractivity contribution in [1.82, 2.24) is 19.7 Å². The van der Waals surface area contributed by atoms with Gasteiger partial charge in [-0.05, 0) is 7.05 Å². The summed E-state index contributed by atoms with van der Waals surface area (Å²) in [7, 11) is 3.96. The summed E-state index contributed by atoms with van der Waals surface area (Å²) in [5, 5.41) is 7.97. The van der Waals surface area contributed by atoms with Gasteiger partial charge < -0.3 is 9.80 Å². The van der Waals surface area contributed by atoms with Crippen LogP contribution in [0.1, 0.15) is 4.88 Å². The zero-order valence-electron chi connectivity index (χ0n) is 9.27. The van der Waals surface area contributed by atoms with Crippen LogP contribution in [0, 0.1) is 5.41 Å². The van der Waals surface area contributed by atoms with E-state index in [1.807, 2.05) is 23.9 Å². The molecule has 1 aliphatic heterocycles. The highest BCUT2D eigenvalue weighted by atomic mass is 35.5. The first kappa shape index (κ1) is 11.6. The molecule has 2 heterocycles. The summed E-state index contributed by atoms with van der Waals surface area (Å²) < 4.78 is 0.556. The normalized spacial score (nSPS) is 18.3. The van der Waals surface area contributed by atoms with Crippen LogP contribution in [0.2, 0.25) is 4.47 Å². The van der Waals surface area contributed by atoms with Crippen LogP contribution >= 0.6 is 22.9 Å². The third kappa shape index (κ3) is 2.45. The molecule has 5 nitrogen and oxygen atoms in total. The van der Waals surface area contributed by atoms with Crippen molar-refractivity contribution in [2.24, 2.45) is 0 Å². The van der Waals surface area contributed by atoms with E-state index in [2.05, 4.69) is 9.88 Å². The van der Waals surface area contributed by atoms with Crippen molar-refractivity contribution in [1.29, 1.82) is 5.41 Å². The molecular weight excluding hydrogens is 246 g/mol. The Morgan fingerprint density at radius 3 is 2.88 bits per heavy atom. The summed E-state index contributed by atoms with van der Waals surface area (Å²) in [5.74, 6) is 0.544. The van der Waals surface area contributed by atoms with Crippen molar-refractivity contribution in [2.75, 3.05) is 27.4 Å². The Labute approximate surface area is 104 Å². The van der Waals surface area contributed by atoms with Crippen LogP contribution in [0.4, 0.5) is 0 Å². The van der Waals surface area contributed by atoms with E-state index in [9.17, 15) is 0 Å². The third-order valence-corrected chi connectivity index (χ3v) is 3.50. The summed E-state index contributed by atoms with van der Waals surface area (Å²) in [6.07, 6.45) is 1.77. The molecule has 1 aromatic rings. The van der Waals surface area contributed by atoms with E-state index in [1.54, 1.807) is 6.20 Å². The molecule has 88 valence electrons. The van der Waals surface area contributed by atoms with E-state index < -0.39 is 0 Å². The molecule has 1 fully saturated rings. The standard InChI is InChI=1S/C9H14ClN5S/c1-13-5-14(2)9(11)15(6-13)4-7-3-12-8(10)16-7/h3,11H,4-6H2,1-2H3. The maximum Gasteiger partial charge on any atom is 0.195 e. The molecule has 1 aromatic heterocycles. The molecule has 0 spiro atoms. The van der Waals surface area contributed by atoms with Crippen molar-refractivity contribution in [3.63, 3.8) is 0 Å². The zero-order chi connectivity index (χ0) is 11.7. The van der Waals surface area contributed by atoms with Crippen LogP contribution in [0.3, 0.4) is 0 Å². The van der Waals surface area contributed by atoms with Crippen molar-refractivity contribution in [2.45, 2.75) is 6.54 Å². The van der Waals surface area contributed by atoms with E-state index in [1.165, 1.54) is 11.3 Å². The van der Waals surface area contributed by atoms with E-state index in [0.29, 0.717) is 17.0 Å². The molecule has 0 unspecified atom stereocenters. The fourth-order valence-electron chi connectivity index (χ4n) is 1.74. The second-order valence-corrected chi connectivity index (χ2v) is 5.64. The van der Waals surface area contributed by atoms with E-state index in [0.717, 1.165) is 18.2 Å². The minimum atomic E-state index is 0.544. The van der Waals surface area contributed by atoms with Crippen molar-refractivity contribution in [3.8, 4) is 0 Å². The van der Waals surface area contributed by atoms with Crippen LogP contribution in [0.5, 0.6) is 0 Å². The first-order valence-electron chi connectivity index (χ1n) is 4.89. The predicted molar refractivity (Wildman–Crippen MR) is 65.7 cm³/mol. The molecule has 1 aliphatic rings. The molecule has 0 atom stereocenters. The first-order valence-corrected chi connectivity index (χ1v) is 6.09. The fraction of sp³-hybridized carbons (Fsp3) is 0.556. The SMILES string of the molecule is CN1CN(C)C(=N)N(Cc2cnc(Cl)s2)C1. The maximum absolute atomic E-state index is 7.97. The average Bonchev–Trinajstić information content (AvgIpc) is 2.60. The Morgan fingerprint density at radius 2 is 2.25 bits per heavy atom. The lowest BCUT2D eigenvalue weighted by molar-refractivity contribution is 0.110. The Balaban J connectivity index is 2.05. The Kier molecular flexibility index (Phi) is 3.32. The van der Waals surface area contributed by atoms with Gasteiger partial charge >= 0.3 is 0 Å². The van der Waals surface area contributed by atoms with Gasteiger partial charge in [-0.15, -0.1) is 11.3 Å². The van der Waals surface area contributed by atoms with Gasteiger partial charge in [-0.2, -0.15) is 0 Å². The quantitative estimate of drug-likeness (QED) is 0.870. The number of nitrogens with one attached hydrogen (secondary N) is 1. The summed E-state index contributed by atoms with van der Waals surface area (Å²) >= 11 is 7.25. The van der Waals surface area contributed by atoms with Crippen LogP contribution in [0.15, 0.2) is 6.20 Å². The van der Waals surface area contributed by atoms with Gasteiger partial charge in [0.05, 0.1) is 19.9 Å². The van der Waals surface area contributed by atoms with Gasteiger partial charge in [0.2, 0.25) is 0 Å². The minimum Gasteiger partial charge on any atom is -0.333 e. The second kappa shape index (κ2) is 4.57. The number of nitrogens with zero attached hydrogens (tertiary/aromatic N) is 4. The molecule has 1 N–H and O–H groups in total. The highest BCUT2D eigenvalue weighted by molar-refractivity contribution is 7.15. The molecule has 0 radical (unpaired) electrons. The molecule has 0 amide bonds. The van der Waals surface area contributed by atoms with Gasteiger partial charge in [0, 0.05) is 18.1 Å². The van der Waals surface area contributed by atoms with Crippen LogP contribution in [-0.2, 0) is 6.54 Å². The molecular formula is C9H14ClN5S. The lowest BCUT2D eigenvalue weighted by atomic mass is 10.4. The number of hydrogen-bond donors (Lipinski definition) is 1. The minimum absolute atomic E-state index is 0.544. The number of guanidine groups is 1. The first-order chi connectivity index (χ1) is 7.56. The summed E-state index contributed by atoms with van der Waals surface area (Å²) in [6.45, 7) is 2.25. The molecule has 0 aromatic carbocycles. The number of hydrogen-bond acceptors (Lipinski definition) is 4. The number of halogens is 1. The molecule has 0 aliphatic carbocycles. The Bertz CT molecular complexity index is 393. The van der Waals surface area contributed by atoms with Crippen LogP contribution in [-0.4, -0.2) is 53.1 Å². The van der Waals surface area contributed by atoms with Gasteiger partial charge in [0.15, 0.2) is 10.4 Å². The van der Waals surface area contributed by atoms with E-state index >= 15 is 0 Å². The van der Waals surface area contributed by atoms with Gasteiger partial charge in [-0.1, -0.05) is 11.6 Å². The largest absolute Gasteiger partial charge is 0.333 e. The maximum atomic E-state index is 7.97. The van der Waals surface area contributed by atoms with Gasteiger partial charge in [-0.3, -0.25) is 10.3 Å². The highest BCUT2D eigenvalue weighted by Crippen LogP contribution is 2.20. The summed E-state index contributed by atoms with van der Waals surface area (Å²) in [5.41, 5.74) is 0. The monoisotopic (exact) mass is 259 g/mol. The third-order valence-electron chi connectivity index (χ3n) is 2.40. The van der Waals surface area contributed by atoms with Gasteiger partial charge in [0.25, 0.3) is 0 Å². The Morgan fingerprint density at radius 1 is 1.50 bits per heavy atom. The number of aromatic nitrogens is 1. The number of rotatable bonds is 2. The lowest BCUT2D eigenvalue weighted by Crippen LogP contribution is -2.55. The molecule has 1 saturated heterocycles. The molecule has 0 saturated carbocycles. The molecule has 7 heteroatoms. The molecule has 0 bridgehead atoms. The summed E-state index contributed by atoms with van der Waals surface area (Å²) in [4.78, 5) is 11.1. The summed E-state index contributed by atoms with van der Waals surface area (Å²) in [6, 6.07) is 0. The van der Waals surface area contributed by atoms with E-state index in [4.69, 9.17) is 17.0 Å². The average molecular weight is 260 g/mol. The van der Waals surface area contributed by atoms with E-state index in [-0.39, 0.29) is 0 Å². The fourth-order valence-corrected chi connectivity index (χ4v) is 2.74. The topological polar surface area (TPSA) is 46.5 Å². The van der Waals surface area contributed by atoms with Crippen molar-refractivity contribution in [3.05, 3.63) is 15.5 Å². The van der Waals surface area contributed by atoms with Gasteiger partial charge in [-0.25, -0.2) is 4.98 Å². The van der Waals surface area contributed by atoms with Crippen LogP contribution < -0.4 is 0 Å². The van der Waals surface area contributed by atoms with Crippen LogP contribution in [0.25, 0.3) is 0 Å². The molecule has 16 heavy (non-hydrogen) atoms. The highest BCUT2D eigenvalue weighted by Gasteiger charge is 2.23.